The van der Waals surface area contributed by atoms with E-state index in [1.165, 1.54) is 25.7 Å². The normalized spacial score (nSPS) is 29.9. The quantitative estimate of drug-likeness (QED) is 0.669. The van der Waals surface area contributed by atoms with Gasteiger partial charge in [-0.3, -0.25) is 4.79 Å². The molecule has 1 amide bonds. The molecule has 3 atom stereocenters. The van der Waals surface area contributed by atoms with E-state index in [1.54, 1.807) is 6.21 Å². The highest BCUT2D eigenvalue weighted by Gasteiger charge is 2.64. The molecular formula is C18H24N2O2. The number of ether oxygens (including phenoxy) is 1. The fraction of sp³-hybridized carbons (Fsp3) is 0.556. The Morgan fingerprint density at radius 1 is 1.41 bits per heavy atom. The van der Waals surface area contributed by atoms with Gasteiger partial charge in [-0.2, -0.15) is 5.10 Å². The molecular weight excluding hydrogens is 276 g/mol. The second-order valence-electron chi connectivity index (χ2n) is 6.57. The number of hydrazone groups is 1. The molecule has 4 nitrogen and oxygen atoms in total. The predicted molar refractivity (Wildman–Crippen MR) is 86.9 cm³/mol. The Labute approximate surface area is 131 Å². The Bertz CT molecular complexity index is 567. The highest BCUT2D eigenvalue weighted by atomic mass is 16.5. The number of nitrogens with one attached hydrogen (secondary N) is 1. The molecule has 22 heavy (non-hydrogen) atoms. The van der Waals surface area contributed by atoms with Crippen LogP contribution in [0.5, 0.6) is 5.75 Å². The Kier molecular flexibility index (Phi) is 4.19. The van der Waals surface area contributed by atoms with E-state index in [-0.39, 0.29) is 17.2 Å². The molecule has 0 unspecified atom stereocenters. The van der Waals surface area contributed by atoms with Gasteiger partial charge in [-0.05, 0) is 60.9 Å². The van der Waals surface area contributed by atoms with Crippen LogP contribution in [0.3, 0.4) is 0 Å². The summed E-state index contributed by atoms with van der Waals surface area (Å²) < 4.78 is 5.39. The zero-order valence-electron chi connectivity index (χ0n) is 13.3. The van der Waals surface area contributed by atoms with Gasteiger partial charge >= 0.3 is 0 Å². The lowest BCUT2D eigenvalue weighted by Crippen LogP contribution is -2.22. The summed E-state index contributed by atoms with van der Waals surface area (Å²) in [6, 6.07) is 7.67. The molecule has 1 aromatic carbocycles. The van der Waals surface area contributed by atoms with Crippen molar-refractivity contribution in [2.75, 3.05) is 6.61 Å². The number of hydrogen-bond acceptors (Lipinski definition) is 3. The second kappa shape index (κ2) is 6.11. The van der Waals surface area contributed by atoms with Gasteiger partial charge in [0.15, 0.2) is 0 Å². The van der Waals surface area contributed by atoms with Crippen molar-refractivity contribution in [2.45, 2.75) is 39.5 Å². The van der Waals surface area contributed by atoms with E-state index in [1.807, 2.05) is 31.2 Å². The molecule has 0 bridgehead atoms. The first-order valence-corrected chi connectivity index (χ1v) is 8.21. The third-order valence-corrected chi connectivity index (χ3v) is 5.19. The fourth-order valence-electron chi connectivity index (χ4n) is 3.91. The Hall–Kier alpha value is -1.84. The number of nitrogens with zero attached hydrogens (tertiary/aromatic N) is 1. The van der Waals surface area contributed by atoms with Crippen molar-refractivity contribution in [1.29, 1.82) is 0 Å². The minimum atomic E-state index is 0.0802. The van der Waals surface area contributed by atoms with Crippen LogP contribution in [0.4, 0.5) is 0 Å². The van der Waals surface area contributed by atoms with Crippen LogP contribution < -0.4 is 10.2 Å². The minimum absolute atomic E-state index is 0.0802. The zero-order chi connectivity index (χ0) is 15.6. The van der Waals surface area contributed by atoms with Crippen molar-refractivity contribution in [3.63, 3.8) is 0 Å². The Balaban J connectivity index is 1.53. The first-order valence-electron chi connectivity index (χ1n) is 8.21. The fourth-order valence-corrected chi connectivity index (χ4v) is 3.91. The van der Waals surface area contributed by atoms with Crippen molar-refractivity contribution in [2.24, 2.45) is 22.4 Å². The van der Waals surface area contributed by atoms with E-state index in [9.17, 15) is 4.79 Å². The number of carbonyl (C=O) groups excluding carboxylic acids is 1. The van der Waals surface area contributed by atoms with Crippen LogP contribution in [0.2, 0.25) is 0 Å². The SMILES string of the molecule is CCOc1ccc(/C=N\NC(=O)[C@H]2[C@H]3CCCC[C@@]32C)cc1. The molecule has 2 aliphatic rings. The van der Waals surface area contributed by atoms with Crippen molar-refractivity contribution in [3.05, 3.63) is 29.8 Å². The Morgan fingerprint density at radius 2 is 2.18 bits per heavy atom. The summed E-state index contributed by atoms with van der Waals surface area (Å²) >= 11 is 0. The van der Waals surface area contributed by atoms with Gasteiger partial charge in [0.05, 0.1) is 12.8 Å². The van der Waals surface area contributed by atoms with Crippen LogP contribution in [-0.4, -0.2) is 18.7 Å². The number of fused-ring (bicyclic) bond motifs is 1. The number of benzene rings is 1. The molecule has 118 valence electrons. The minimum Gasteiger partial charge on any atom is -0.494 e. The van der Waals surface area contributed by atoms with Gasteiger partial charge in [0.25, 0.3) is 0 Å². The van der Waals surface area contributed by atoms with Crippen molar-refractivity contribution in [1.82, 2.24) is 5.43 Å². The molecule has 0 radical (unpaired) electrons. The summed E-state index contributed by atoms with van der Waals surface area (Å²) in [5.74, 6) is 1.66. The third kappa shape index (κ3) is 2.87. The van der Waals surface area contributed by atoms with E-state index in [0.717, 1.165) is 11.3 Å². The van der Waals surface area contributed by atoms with Crippen LogP contribution in [0, 0.1) is 17.3 Å². The number of carbonyl (C=O) groups is 1. The zero-order valence-corrected chi connectivity index (χ0v) is 13.3. The van der Waals surface area contributed by atoms with Crippen LogP contribution in [-0.2, 0) is 4.79 Å². The predicted octanol–water partition coefficient (Wildman–Crippen LogP) is 3.36. The molecule has 0 spiro atoms. The van der Waals surface area contributed by atoms with Gasteiger partial charge in [0.2, 0.25) is 5.91 Å². The highest BCUT2D eigenvalue weighted by molar-refractivity contribution is 5.85. The van der Waals surface area contributed by atoms with E-state index in [4.69, 9.17) is 4.74 Å². The maximum absolute atomic E-state index is 12.3. The van der Waals surface area contributed by atoms with E-state index >= 15 is 0 Å². The number of amides is 1. The van der Waals surface area contributed by atoms with E-state index < -0.39 is 0 Å². The second-order valence-corrected chi connectivity index (χ2v) is 6.57. The largest absolute Gasteiger partial charge is 0.494 e. The number of rotatable bonds is 5. The molecule has 3 rings (SSSR count). The lowest BCUT2D eigenvalue weighted by molar-refractivity contribution is -0.123. The maximum Gasteiger partial charge on any atom is 0.244 e. The van der Waals surface area contributed by atoms with Crippen molar-refractivity contribution in [3.8, 4) is 5.75 Å². The van der Waals surface area contributed by atoms with Crippen molar-refractivity contribution < 1.29 is 9.53 Å². The first kappa shape index (κ1) is 15.1. The lowest BCUT2D eigenvalue weighted by atomic mass is 9.90. The highest BCUT2D eigenvalue weighted by Crippen LogP contribution is 2.66. The van der Waals surface area contributed by atoms with Gasteiger partial charge < -0.3 is 4.74 Å². The molecule has 0 saturated heterocycles. The maximum atomic E-state index is 12.3. The standard InChI is InChI=1S/C18H24N2O2/c1-3-22-14-9-7-13(8-10-14)12-19-20-17(21)16-15-6-4-5-11-18(15,16)2/h7-10,12,15-16H,3-6,11H2,1-2H3,(H,20,21)/b19-12-/t15-,16-,18+/m1/s1. The van der Waals surface area contributed by atoms with Crippen LogP contribution >= 0.6 is 0 Å². The van der Waals surface area contributed by atoms with E-state index in [2.05, 4.69) is 17.5 Å². The van der Waals surface area contributed by atoms with Crippen LogP contribution in [0.25, 0.3) is 0 Å². The lowest BCUT2D eigenvalue weighted by Gasteiger charge is -2.15. The van der Waals surface area contributed by atoms with E-state index in [0.29, 0.717) is 12.5 Å². The van der Waals surface area contributed by atoms with Gasteiger partial charge in [-0.1, -0.05) is 19.8 Å². The summed E-state index contributed by atoms with van der Waals surface area (Å²) in [6.45, 7) is 4.86. The smallest absolute Gasteiger partial charge is 0.244 e. The van der Waals surface area contributed by atoms with Gasteiger partial charge in [-0.15, -0.1) is 0 Å². The molecule has 4 heteroatoms. The van der Waals surface area contributed by atoms with Crippen molar-refractivity contribution >= 4 is 12.1 Å². The summed E-state index contributed by atoms with van der Waals surface area (Å²) in [5, 5.41) is 4.10. The van der Waals surface area contributed by atoms with Gasteiger partial charge in [-0.25, -0.2) is 5.43 Å². The van der Waals surface area contributed by atoms with Crippen LogP contribution in [0.1, 0.15) is 45.1 Å². The molecule has 0 aliphatic heterocycles. The number of hydrogen-bond donors (Lipinski definition) is 1. The van der Waals surface area contributed by atoms with Gasteiger partial charge in [0.1, 0.15) is 5.75 Å². The molecule has 2 aliphatic carbocycles. The molecule has 2 saturated carbocycles. The van der Waals surface area contributed by atoms with Gasteiger partial charge in [0, 0.05) is 5.92 Å². The molecule has 1 N–H and O–H groups in total. The Morgan fingerprint density at radius 3 is 2.82 bits per heavy atom. The third-order valence-electron chi connectivity index (χ3n) is 5.19. The summed E-state index contributed by atoms with van der Waals surface area (Å²) in [4.78, 5) is 12.3. The van der Waals surface area contributed by atoms with Crippen LogP contribution in [0.15, 0.2) is 29.4 Å². The first-order chi connectivity index (χ1) is 10.6. The average Bonchev–Trinajstić information content (AvgIpc) is 3.15. The summed E-state index contributed by atoms with van der Waals surface area (Å²) in [5.41, 5.74) is 3.89. The topological polar surface area (TPSA) is 50.7 Å². The monoisotopic (exact) mass is 300 g/mol. The summed E-state index contributed by atoms with van der Waals surface area (Å²) in [7, 11) is 0. The molecule has 1 aromatic rings. The molecule has 0 heterocycles. The summed E-state index contributed by atoms with van der Waals surface area (Å²) in [6.07, 6.45) is 6.57. The molecule has 0 aromatic heterocycles. The molecule has 2 fully saturated rings. The average molecular weight is 300 g/mol.